The van der Waals surface area contributed by atoms with Gasteiger partial charge in [-0.3, -0.25) is 14.4 Å². The Morgan fingerprint density at radius 1 is 1.06 bits per heavy atom. The first kappa shape index (κ1) is 22.4. The number of nitrogen functional groups attached to an aromatic ring is 1. The van der Waals surface area contributed by atoms with Crippen LogP contribution >= 0.6 is 11.8 Å². The van der Waals surface area contributed by atoms with Gasteiger partial charge in [-0.15, -0.1) is 11.8 Å². The van der Waals surface area contributed by atoms with Crippen LogP contribution in [-0.4, -0.2) is 30.0 Å². The van der Waals surface area contributed by atoms with Gasteiger partial charge < -0.3 is 10.5 Å². The Labute approximate surface area is 196 Å². The lowest BCUT2D eigenvalue weighted by Crippen LogP contribution is -2.31. The van der Waals surface area contributed by atoms with Crippen LogP contribution in [0.1, 0.15) is 22.3 Å². The van der Waals surface area contributed by atoms with Crippen molar-refractivity contribution in [1.82, 2.24) is 0 Å². The number of allylic oxidation sites excluding steroid dienone is 1. The number of anilines is 2. The van der Waals surface area contributed by atoms with Gasteiger partial charge in [-0.25, -0.2) is 4.90 Å². The molecule has 0 saturated carbocycles. The minimum atomic E-state index is -0.508. The summed E-state index contributed by atoms with van der Waals surface area (Å²) in [6.07, 6.45) is 3.31. The summed E-state index contributed by atoms with van der Waals surface area (Å²) in [7, 11) is 1.59. The molecule has 1 aliphatic rings. The fourth-order valence-corrected chi connectivity index (χ4v) is 4.63. The molecule has 1 atom stereocenters. The molecule has 33 heavy (non-hydrogen) atoms. The number of hydrogen-bond acceptors (Lipinski definition) is 6. The number of rotatable bonds is 7. The van der Waals surface area contributed by atoms with Gasteiger partial charge in [-0.05, 0) is 66.2 Å². The van der Waals surface area contributed by atoms with Crippen molar-refractivity contribution in [2.75, 3.05) is 17.7 Å². The van der Waals surface area contributed by atoms with E-state index in [0.717, 1.165) is 10.5 Å². The highest BCUT2D eigenvalue weighted by Gasteiger charge is 2.40. The highest BCUT2D eigenvalue weighted by molar-refractivity contribution is 8.00. The quantitative estimate of drug-likeness (QED) is 0.241. The number of nitrogens with two attached hydrogens (primary N) is 1. The third-order valence-corrected chi connectivity index (χ3v) is 6.35. The second-order valence-corrected chi connectivity index (χ2v) is 8.75. The smallest absolute Gasteiger partial charge is 0.247 e. The van der Waals surface area contributed by atoms with Crippen LogP contribution in [0.25, 0.3) is 6.08 Å². The maximum atomic E-state index is 12.9. The molecule has 2 amide bonds. The van der Waals surface area contributed by atoms with Crippen molar-refractivity contribution < 1.29 is 19.1 Å². The highest BCUT2D eigenvalue weighted by atomic mass is 32.2. The molecular weight excluding hydrogens is 436 g/mol. The monoisotopic (exact) mass is 458 g/mol. The molecule has 1 aliphatic heterocycles. The Morgan fingerprint density at radius 2 is 1.82 bits per heavy atom. The predicted octanol–water partition coefficient (Wildman–Crippen LogP) is 4.60. The Balaban J connectivity index is 1.44. The Morgan fingerprint density at radius 3 is 2.55 bits per heavy atom. The number of carbonyl (C=O) groups is 3. The first-order valence-electron chi connectivity index (χ1n) is 10.3. The molecular formula is C26H22N2O4S. The van der Waals surface area contributed by atoms with Gasteiger partial charge in [0, 0.05) is 22.6 Å². The number of ketones is 1. The zero-order chi connectivity index (χ0) is 23.4. The first-order valence-corrected chi connectivity index (χ1v) is 11.2. The molecule has 0 aromatic heterocycles. The fraction of sp³-hybridized carbons (Fsp3) is 0.115. The van der Waals surface area contributed by atoms with Crippen molar-refractivity contribution in [1.29, 1.82) is 0 Å². The van der Waals surface area contributed by atoms with E-state index in [1.165, 1.54) is 22.7 Å². The van der Waals surface area contributed by atoms with Gasteiger partial charge in [0.1, 0.15) is 5.75 Å². The molecule has 166 valence electrons. The van der Waals surface area contributed by atoms with Crippen LogP contribution in [0, 0.1) is 0 Å². The normalized spacial score (nSPS) is 15.9. The molecule has 0 radical (unpaired) electrons. The molecule has 6 nitrogen and oxygen atoms in total. The average Bonchev–Trinajstić information content (AvgIpc) is 3.10. The van der Waals surface area contributed by atoms with Gasteiger partial charge in [0.15, 0.2) is 5.78 Å². The van der Waals surface area contributed by atoms with Gasteiger partial charge in [0.25, 0.3) is 0 Å². The maximum Gasteiger partial charge on any atom is 0.247 e. The van der Waals surface area contributed by atoms with Crippen molar-refractivity contribution in [2.24, 2.45) is 0 Å². The number of imide groups is 1. The van der Waals surface area contributed by atoms with E-state index in [4.69, 9.17) is 10.5 Å². The van der Waals surface area contributed by atoms with Crippen LogP contribution in [0.4, 0.5) is 11.4 Å². The van der Waals surface area contributed by atoms with Crippen LogP contribution in [0.5, 0.6) is 5.75 Å². The van der Waals surface area contributed by atoms with Gasteiger partial charge >= 0.3 is 0 Å². The predicted molar refractivity (Wildman–Crippen MR) is 130 cm³/mol. The number of amides is 2. The minimum Gasteiger partial charge on any atom is -0.497 e. The minimum absolute atomic E-state index is 0.113. The Kier molecular flexibility index (Phi) is 6.60. The summed E-state index contributed by atoms with van der Waals surface area (Å²) in [5.74, 6) is -0.0116. The molecule has 7 heteroatoms. The molecule has 0 aliphatic carbocycles. The zero-order valence-corrected chi connectivity index (χ0v) is 18.7. The molecule has 3 aromatic rings. The number of ether oxygens (including phenoxy) is 1. The summed E-state index contributed by atoms with van der Waals surface area (Å²) in [5.41, 5.74) is 8.17. The molecule has 2 N–H and O–H groups in total. The molecule has 1 saturated heterocycles. The van der Waals surface area contributed by atoms with Gasteiger partial charge in [-0.1, -0.05) is 24.3 Å². The van der Waals surface area contributed by atoms with Crippen LogP contribution in [0.2, 0.25) is 0 Å². The SMILES string of the molecule is COc1cccc(/C=C/C(=O)c2ccc(N3C(=O)CC(Sc4cccc(N)c4)C3=O)cc2)c1. The van der Waals surface area contributed by atoms with E-state index >= 15 is 0 Å². The number of benzene rings is 3. The van der Waals surface area contributed by atoms with Crippen molar-refractivity contribution in [2.45, 2.75) is 16.6 Å². The third-order valence-electron chi connectivity index (χ3n) is 5.17. The molecule has 1 fully saturated rings. The largest absolute Gasteiger partial charge is 0.497 e. The van der Waals surface area contributed by atoms with E-state index in [2.05, 4.69) is 0 Å². The van der Waals surface area contributed by atoms with E-state index in [1.807, 2.05) is 36.4 Å². The summed E-state index contributed by atoms with van der Waals surface area (Å²) in [4.78, 5) is 40.0. The summed E-state index contributed by atoms with van der Waals surface area (Å²) in [6.45, 7) is 0. The highest BCUT2D eigenvalue weighted by Crippen LogP contribution is 2.34. The topological polar surface area (TPSA) is 89.7 Å². The lowest BCUT2D eigenvalue weighted by molar-refractivity contribution is -0.121. The van der Waals surface area contributed by atoms with Crippen LogP contribution < -0.4 is 15.4 Å². The van der Waals surface area contributed by atoms with Crippen LogP contribution in [0.15, 0.2) is 83.8 Å². The number of carbonyl (C=O) groups excluding carboxylic acids is 3. The molecule has 1 heterocycles. The molecule has 0 spiro atoms. The molecule has 1 unspecified atom stereocenters. The van der Waals surface area contributed by atoms with E-state index in [9.17, 15) is 14.4 Å². The van der Waals surface area contributed by atoms with Gasteiger partial charge in [-0.2, -0.15) is 0 Å². The number of hydrogen-bond donors (Lipinski definition) is 1. The second-order valence-electron chi connectivity index (χ2n) is 7.47. The Hall–Kier alpha value is -3.84. The Bertz CT molecular complexity index is 1240. The summed E-state index contributed by atoms with van der Waals surface area (Å²) < 4.78 is 5.19. The third kappa shape index (κ3) is 5.15. The lowest BCUT2D eigenvalue weighted by Gasteiger charge is -2.15. The van der Waals surface area contributed by atoms with E-state index < -0.39 is 5.25 Å². The van der Waals surface area contributed by atoms with E-state index in [-0.39, 0.29) is 24.0 Å². The van der Waals surface area contributed by atoms with Crippen LogP contribution in [-0.2, 0) is 9.59 Å². The van der Waals surface area contributed by atoms with E-state index in [0.29, 0.717) is 22.7 Å². The fourth-order valence-electron chi connectivity index (χ4n) is 3.51. The summed E-state index contributed by atoms with van der Waals surface area (Å²) in [5, 5.41) is -0.508. The molecule has 3 aromatic carbocycles. The molecule has 0 bridgehead atoms. The van der Waals surface area contributed by atoms with E-state index in [1.54, 1.807) is 49.6 Å². The number of thioether (sulfide) groups is 1. The summed E-state index contributed by atoms with van der Waals surface area (Å²) >= 11 is 1.33. The van der Waals surface area contributed by atoms with Gasteiger partial charge in [0.05, 0.1) is 18.0 Å². The van der Waals surface area contributed by atoms with Crippen molar-refractivity contribution >= 4 is 46.8 Å². The standard InChI is InChI=1S/C26H22N2O4S/c1-32-21-6-2-4-17(14-21)8-13-23(29)18-9-11-20(12-10-18)28-25(30)16-24(26(28)31)33-22-7-3-5-19(27)15-22/h2-15,24H,16,27H2,1H3/b13-8+. The number of nitrogens with zero attached hydrogens (tertiary/aromatic N) is 1. The molecule has 4 rings (SSSR count). The van der Waals surface area contributed by atoms with Crippen molar-refractivity contribution in [3.63, 3.8) is 0 Å². The lowest BCUT2D eigenvalue weighted by atomic mass is 10.1. The van der Waals surface area contributed by atoms with Crippen molar-refractivity contribution in [3.05, 3.63) is 90.0 Å². The average molecular weight is 459 g/mol. The second kappa shape index (κ2) is 9.75. The van der Waals surface area contributed by atoms with Gasteiger partial charge in [0.2, 0.25) is 11.8 Å². The van der Waals surface area contributed by atoms with Crippen LogP contribution in [0.3, 0.4) is 0 Å². The summed E-state index contributed by atoms with van der Waals surface area (Å²) in [6, 6.07) is 21.1. The first-order chi connectivity index (χ1) is 15.9. The number of methoxy groups -OCH3 is 1. The maximum absolute atomic E-state index is 12.9. The van der Waals surface area contributed by atoms with Crippen molar-refractivity contribution in [3.8, 4) is 5.75 Å². The zero-order valence-electron chi connectivity index (χ0n) is 17.9.